The summed E-state index contributed by atoms with van der Waals surface area (Å²) in [6.45, 7) is 6.81. The monoisotopic (exact) mass is 212 g/mol. The van der Waals surface area contributed by atoms with Crippen LogP contribution in [0.4, 0.5) is 0 Å². The molecule has 0 unspecified atom stereocenters. The van der Waals surface area contributed by atoms with Crippen molar-refractivity contribution in [2.24, 2.45) is 5.41 Å². The molecule has 0 spiro atoms. The Labute approximate surface area is 95.3 Å². The first-order chi connectivity index (χ1) is 7.10. The minimum Gasteiger partial charge on any atom is -0.390 e. The Kier molecular flexibility index (Phi) is 4.64. The SMILES string of the molecule is CCCCC1(O)CCC(CC)(CC)CC1. The van der Waals surface area contributed by atoms with Gasteiger partial charge >= 0.3 is 0 Å². The molecule has 90 valence electrons. The highest BCUT2D eigenvalue weighted by atomic mass is 16.3. The highest BCUT2D eigenvalue weighted by Crippen LogP contribution is 2.46. The Bertz CT molecular complexity index is 172. The lowest BCUT2D eigenvalue weighted by molar-refractivity contribution is -0.0436. The fraction of sp³-hybridized carbons (Fsp3) is 1.00. The average Bonchev–Trinajstić information content (AvgIpc) is 2.29. The quantitative estimate of drug-likeness (QED) is 0.721. The molecule has 1 N–H and O–H groups in total. The lowest BCUT2D eigenvalue weighted by Gasteiger charge is -2.43. The average molecular weight is 212 g/mol. The smallest absolute Gasteiger partial charge is 0.0648 e. The molecule has 0 radical (unpaired) electrons. The molecular formula is C14H28O. The molecule has 0 aliphatic heterocycles. The topological polar surface area (TPSA) is 20.2 Å². The first kappa shape index (κ1) is 13.0. The molecule has 1 nitrogen and oxygen atoms in total. The Morgan fingerprint density at radius 1 is 0.933 bits per heavy atom. The Morgan fingerprint density at radius 3 is 1.87 bits per heavy atom. The minimum atomic E-state index is -0.316. The maximum atomic E-state index is 10.4. The first-order valence-corrected chi connectivity index (χ1v) is 6.82. The Balaban J connectivity index is 2.46. The second kappa shape index (κ2) is 5.34. The molecule has 0 heterocycles. The van der Waals surface area contributed by atoms with Crippen LogP contribution in [0.15, 0.2) is 0 Å². The number of hydrogen-bond acceptors (Lipinski definition) is 1. The van der Waals surface area contributed by atoms with Crippen molar-refractivity contribution >= 4 is 0 Å². The third kappa shape index (κ3) is 3.21. The van der Waals surface area contributed by atoms with Crippen molar-refractivity contribution in [2.45, 2.75) is 84.2 Å². The van der Waals surface area contributed by atoms with Crippen molar-refractivity contribution in [3.05, 3.63) is 0 Å². The van der Waals surface area contributed by atoms with Crippen LogP contribution in [-0.4, -0.2) is 10.7 Å². The molecule has 0 amide bonds. The van der Waals surface area contributed by atoms with Gasteiger partial charge in [-0.2, -0.15) is 0 Å². The van der Waals surface area contributed by atoms with Crippen molar-refractivity contribution in [3.8, 4) is 0 Å². The van der Waals surface area contributed by atoms with Crippen LogP contribution in [0.2, 0.25) is 0 Å². The van der Waals surface area contributed by atoms with Gasteiger partial charge in [-0.25, -0.2) is 0 Å². The van der Waals surface area contributed by atoms with Crippen molar-refractivity contribution in [2.75, 3.05) is 0 Å². The summed E-state index contributed by atoms with van der Waals surface area (Å²) in [6.07, 6.45) is 10.5. The second-order valence-electron chi connectivity index (χ2n) is 5.54. The normalized spacial score (nSPS) is 24.0. The van der Waals surface area contributed by atoms with Gasteiger partial charge in [0.25, 0.3) is 0 Å². The molecule has 1 aliphatic rings. The van der Waals surface area contributed by atoms with Gasteiger partial charge in [0.05, 0.1) is 5.60 Å². The van der Waals surface area contributed by atoms with E-state index in [1.807, 2.05) is 0 Å². The molecule has 15 heavy (non-hydrogen) atoms. The summed E-state index contributed by atoms with van der Waals surface area (Å²) in [5.74, 6) is 0. The Hall–Kier alpha value is -0.0400. The zero-order valence-corrected chi connectivity index (χ0v) is 10.8. The zero-order valence-electron chi connectivity index (χ0n) is 10.8. The third-order valence-electron chi connectivity index (χ3n) is 4.74. The standard InChI is InChI=1S/C14H28O/c1-4-7-8-14(15)11-9-13(5-2,6-3)10-12-14/h15H,4-12H2,1-3H3. The van der Waals surface area contributed by atoms with E-state index in [1.165, 1.54) is 38.5 Å². The van der Waals surface area contributed by atoms with Crippen LogP contribution < -0.4 is 0 Å². The molecule has 1 heteroatoms. The molecule has 1 rings (SSSR count). The number of hydrogen-bond donors (Lipinski definition) is 1. The highest BCUT2D eigenvalue weighted by molar-refractivity contribution is 4.91. The van der Waals surface area contributed by atoms with Crippen LogP contribution in [0.3, 0.4) is 0 Å². The molecule has 0 aromatic rings. The van der Waals surface area contributed by atoms with Crippen LogP contribution in [0.1, 0.15) is 78.6 Å². The van der Waals surface area contributed by atoms with Crippen LogP contribution >= 0.6 is 0 Å². The summed E-state index contributed by atoms with van der Waals surface area (Å²) in [5.41, 5.74) is 0.238. The van der Waals surface area contributed by atoms with E-state index in [9.17, 15) is 5.11 Å². The van der Waals surface area contributed by atoms with Crippen LogP contribution in [0.5, 0.6) is 0 Å². The van der Waals surface area contributed by atoms with Gasteiger partial charge in [0, 0.05) is 0 Å². The van der Waals surface area contributed by atoms with E-state index in [0.717, 1.165) is 19.3 Å². The molecular weight excluding hydrogens is 184 g/mol. The fourth-order valence-corrected chi connectivity index (χ4v) is 2.96. The van der Waals surface area contributed by atoms with Crippen molar-refractivity contribution in [1.29, 1.82) is 0 Å². The van der Waals surface area contributed by atoms with E-state index in [4.69, 9.17) is 0 Å². The second-order valence-corrected chi connectivity index (χ2v) is 5.54. The lowest BCUT2D eigenvalue weighted by Crippen LogP contribution is -2.38. The first-order valence-electron chi connectivity index (χ1n) is 6.82. The summed E-state index contributed by atoms with van der Waals surface area (Å²) in [5, 5.41) is 10.4. The number of unbranched alkanes of at least 4 members (excludes halogenated alkanes) is 1. The van der Waals surface area contributed by atoms with Gasteiger partial charge in [-0.3, -0.25) is 0 Å². The third-order valence-corrected chi connectivity index (χ3v) is 4.74. The van der Waals surface area contributed by atoms with E-state index < -0.39 is 0 Å². The summed E-state index contributed by atoms with van der Waals surface area (Å²) >= 11 is 0. The summed E-state index contributed by atoms with van der Waals surface area (Å²) in [7, 11) is 0. The van der Waals surface area contributed by atoms with E-state index in [-0.39, 0.29) is 5.60 Å². The van der Waals surface area contributed by atoms with E-state index in [1.54, 1.807) is 0 Å². The van der Waals surface area contributed by atoms with Gasteiger partial charge in [0.1, 0.15) is 0 Å². The maximum Gasteiger partial charge on any atom is 0.0648 e. The van der Waals surface area contributed by atoms with Gasteiger partial charge in [-0.05, 0) is 37.5 Å². The molecule has 1 fully saturated rings. The van der Waals surface area contributed by atoms with E-state index in [2.05, 4.69) is 20.8 Å². The zero-order chi connectivity index (χ0) is 11.4. The molecule has 1 aliphatic carbocycles. The van der Waals surface area contributed by atoms with Crippen LogP contribution in [0.25, 0.3) is 0 Å². The number of aliphatic hydroxyl groups is 1. The van der Waals surface area contributed by atoms with Gasteiger partial charge in [-0.15, -0.1) is 0 Å². The molecule has 1 saturated carbocycles. The van der Waals surface area contributed by atoms with Gasteiger partial charge in [0.15, 0.2) is 0 Å². The van der Waals surface area contributed by atoms with Gasteiger partial charge in [-0.1, -0.05) is 46.5 Å². The Morgan fingerprint density at radius 2 is 1.47 bits per heavy atom. The van der Waals surface area contributed by atoms with Crippen molar-refractivity contribution in [1.82, 2.24) is 0 Å². The molecule has 0 atom stereocenters. The van der Waals surface area contributed by atoms with Gasteiger partial charge < -0.3 is 5.11 Å². The van der Waals surface area contributed by atoms with Crippen molar-refractivity contribution < 1.29 is 5.11 Å². The minimum absolute atomic E-state index is 0.316. The summed E-state index contributed by atoms with van der Waals surface area (Å²) in [4.78, 5) is 0. The summed E-state index contributed by atoms with van der Waals surface area (Å²) < 4.78 is 0. The largest absolute Gasteiger partial charge is 0.390 e. The molecule has 0 saturated heterocycles. The van der Waals surface area contributed by atoms with E-state index in [0.29, 0.717) is 5.41 Å². The molecule has 0 bridgehead atoms. The molecule has 0 aromatic heterocycles. The fourth-order valence-electron chi connectivity index (χ4n) is 2.96. The number of rotatable bonds is 5. The summed E-state index contributed by atoms with van der Waals surface area (Å²) in [6, 6.07) is 0. The van der Waals surface area contributed by atoms with Gasteiger partial charge in [0.2, 0.25) is 0 Å². The predicted octanol–water partition coefficient (Wildman–Crippen LogP) is 4.29. The predicted molar refractivity (Wildman–Crippen MR) is 66.0 cm³/mol. The lowest BCUT2D eigenvalue weighted by atomic mass is 9.65. The van der Waals surface area contributed by atoms with Crippen LogP contribution in [0, 0.1) is 5.41 Å². The van der Waals surface area contributed by atoms with Crippen molar-refractivity contribution in [3.63, 3.8) is 0 Å². The molecule has 0 aromatic carbocycles. The highest BCUT2D eigenvalue weighted by Gasteiger charge is 2.38. The maximum absolute atomic E-state index is 10.4. The van der Waals surface area contributed by atoms with Crippen LogP contribution in [-0.2, 0) is 0 Å². The van der Waals surface area contributed by atoms with E-state index >= 15 is 0 Å².